The van der Waals surface area contributed by atoms with E-state index in [-0.39, 0.29) is 18.1 Å². The number of rotatable bonds is 6. The molecule has 0 aliphatic carbocycles. The number of carbonyl (C=O) groups excluding carboxylic acids is 1. The molecule has 0 aliphatic rings. The molecule has 1 heterocycles. The predicted octanol–water partition coefficient (Wildman–Crippen LogP) is 3.44. The Morgan fingerprint density at radius 3 is 2.78 bits per heavy atom. The maximum atomic E-state index is 12.0. The standard InChI is InChI=1S/C16H18N2O5/c1-10-15(12(3)23-17-10)7-8-16(19)22-11(2)13-5-4-6-14(9-13)18(20)21/h4-6,9,11H,7-8H2,1-3H3/t11-/m0/s1. The van der Waals surface area contributed by atoms with Gasteiger partial charge < -0.3 is 9.26 Å². The number of ether oxygens (including phenoxy) is 1. The molecule has 0 spiro atoms. The SMILES string of the molecule is Cc1noc(C)c1CCC(=O)O[C@@H](C)c1cccc([N+](=O)[O-])c1. The third-order valence-corrected chi connectivity index (χ3v) is 3.62. The molecule has 1 atom stereocenters. The lowest BCUT2D eigenvalue weighted by Crippen LogP contribution is -2.10. The van der Waals surface area contributed by atoms with E-state index in [1.807, 2.05) is 6.92 Å². The van der Waals surface area contributed by atoms with E-state index in [2.05, 4.69) is 5.16 Å². The molecule has 0 saturated heterocycles. The molecule has 1 aromatic carbocycles. The highest BCUT2D eigenvalue weighted by atomic mass is 16.6. The van der Waals surface area contributed by atoms with Crippen LogP contribution in [0.5, 0.6) is 0 Å². The first-order valence-corrected chi connectivity index (χ1v) is 7.24. The van der Waals surface area contributed by atoms with Crippen LogP contribution in [0.25, 0.3) is 0 Å². The average Bonchev–Trinajstić information content (AvgIpc) is 2.84. The van der Waals surface area contributed by atoms with Gasteiger partial charge in [-0.3, -0.25) is 14.9 Å². The molecule has 1 aromatic heterocycles. The van der Waals surface area contributed by atoms with Gasteiger partial charge in [-0.1, -0.05) is 17.3 Å². The van der Waals surface area contributed by atoms with Gasteiger partial charge in [0.1, 0.15) is 11.9 Å². The number of aromatic nitrogens is 1. The lowest BCUT2D eigenvalue weighted by molar-refractivity contribution is -0.385. The minimum atomic E-state index is -0.549. The molecule has 7 heteroatoms. The van der Waals surface area contributed by atoms with Crippen LogP contribution in [0.4, 0.5) is 5.69 Å². The van der Waals surface area contributed by atoms with Gasteiger partial charge >= 0.3 is 5.97 Å². The van der Waals surface area contributed by atoms with Crippen LogP contribution in [-0.2, 0) is 16.0 Å². The number of nitro groups is 1. The Morgan fingerprint density at radius 1 is 1.43 bits per heavy atom. The van der Waals surface area contributed by atoms with Crippen molar-refractivity contribution in [1.29, 1.82) is 0 Å². The van der Waals surface area contributed by atoms with Crippen molar-refractivity contribution in [3.05, 3.63) is 57.0 Å². The predicted molar refractivity (Wildman–Crippen MR) is 81.9 cm³/mol. The molecule has 0 amide bonds. The van der Waals surface area contributed by atoms with Gasteiger partial charge in [-0.2, -0.15) is 0 Å². The zero-order valence-electron chi connectivity index (χ0n) is 13.2. The maximum Gasteiger partial charge on any atom is 0.306 e. The first kappa shape index (κ1) is 16.7. The van der Waals surface area contributed by atoms with E-state index in [1.165, 1.54) is 12.1 Å². The van der Waals surface area contributed by atoms with Crippen molar-refractivity contribution in [2.45, 2.75) is 39.7 Å². The summed E-state index contributed by atoms with van der Waals surface area (Å²) in [4.78, 5) is 22.3. The third kappa shape index (κ3) is 4.15. The van der Waals surface area contributed by atoms with Crippen molar-refractivity contribution in [3.8, 4) is 0 Å². The quantitative estimate of drug-likeness (QED) is 0.460. The van der Waals surface area contributed by atoms with E-state index >= 15 is 0 Å². The number of nitro benzene ring substituents is 1. The zero-order valence-corrected chi connectivity index (χ0v) is 13.2. The van der Waals surface area contributed by atoms with Crippen LogP contribution in [0.1, 0.15) is 42.0 Å². The Hall–Kier alpha value is -2.70. The van der Waals surface area contributed by atoms with Gasteiger partial charge in [0.15, 0.2) is 0 Å². The van der Waals surface area contributed by atoms with E-state index in [1.54, 1.807) is 26.0 Å². The first-order chi connectivity index (χ1) is 10.9. The smallest absolute Gasteiger partial charge is 0.306 e. The van der Waals surface area contributed by atoms with Crippen LogP contribution >= 0.6 is 0 Å². The summed E-state index contributed by atoms with van der Waals surface area (Å²) in [5.41, 5.74) is 2.23. The van der Waals surface area contributed by atoms with Crippen molar-refractivity contribution >= 4 is 11.7 Å². The summed E-state index contributed by atoms with van der Waals surface area (Å²) in [6, 6.07) is 6.07. The highest BCUT2D eigenvalue weighted by Gasteiger charge is 2.16. The fourth-order valence-electron chi connectivity index (χ4n) is 2.30. The Balaban J connectivity index is 1.94. The maximum absolute atomic E-state index is 12.0. The molecule has 7 nitrogen and oxygen atoms in total. The van der Waals surface area contributed by atoms with Crippen molar-refractivity contribution in [1.82, 2.24) is 5.16 Å². The Morgan fingerprint density at radius 2 is 2.17 bits per heavy atom. The summed E-state index contributed by atoms with van der Waals surface area (Å²) in [7, 11) is 0. The highest BCUT2D eigenvalue weighted by molar-refractivity contribution is 5.70. The topological polar surface area (TPSA) is 95.5 Å². The summed E-state index contributed by atoms with van der Waals surface area (Å²) < 4.78 is 10.4. The number of carbonyl (C=O) groups is 1. The molecule has 23 heavy (non-hydrogen) atoms. The van der Waals surface area contributed by atoms with E-state index < -0.39 is 11.0 Å². The van der Waals surface area contributed by atoms with Gasteiger partial charge in [0.05, 0.1) is 10.6 Å². The van der Waals surface area contributed by atoms with Gasteiger partial charge in [0.2, 0.25) is 0 Å². The molecule has 0 saturated carbocycles. The number of nitrogens with zero attached hydrogens (tertiary/aromatic N) is 2. The monoisotopic (exact) mass is 318 g/mol. The van der Waals surface area contributed by atoms with Crippen molar-refractivity contribution < 1.29 is 19.0 Å². The minimum absolute atomic E-state index is 0.0267. The number of hydrogen-bond acceptors (Lipinski definition) is 6. The number of hydrogen-bond donors (Lipinski definition) is 0. The molecule has 2 aromatic rings. The van der Waals surface area contributed by atoms with Crippen LogP contribution in [0.15, 0.2) is 28.8 Å². The van der Waals surface area contributed by atoms with Crippen LogP contribution < -0.4 is 0 Å². The molecule has 2 rings (SSSR count). The summed E-state index contributed by atoms with van der Waals surface area (Å²) in [6.07, 6.45) is 0.135. The molecular weight excluding hydrogens is 300 g/mol. The third-order valence-electron chi connectivity index (χ3n) is 3.62. The Kier molecular flexibility index (Phi) is 5.10. The van der Waals surface area contributed by atoms with Crippen molar-refractivity contribution in [3.63, 3.8) is 0 Å². The van der Waals surface area contributed by atoms with Crippen molar-refractivity contribution in [2.24, 2.45) is 0 Å². The lowest BCUT2D eigenvalue weighted by Gasteiger charge is -2.13. The van der Waals surface area contributed by atoms with Crippen LogP contribution in [-0.4, -0.2) is 16.0 Å². The molecule has 0 radical (unpaired) electrons. The van der Waals surface area contributed by atoms with Crippen LogP contribution in [0.3, 0.4) is 0 Å². The van der Waals surface area contributed by atoms with E-state index in [9.17, 15) is 14.9 Å². The molecule has 122 valence electrons. The number of non-ortho nitro benzene ring substituents is 1. The van der Waals surface area contributed by atoms with Crippen LogP contribution in [0, 0.1) is 24.0 Å². The second-order valence-corrected chi connectivity index (χ2v) is 5.29. The number of aryl methyl sites for hydroxylation is 2. The molecular formula is C16H18N2O5. The van der Waals surface area contributed by atoms with Gasteiger partial charge in [-0.15, -0.1) is 0 Å². The molecule has 0 fully saturated rings. The highest BCUT2D eigenvalue weighted by Crippen LogP contribution is 2.22. The molecule has 0 bridgehead atoms. The normalized spacial score (nSPS) is 12.0. The van der Waals surface area contributed by atoms with Gasteiger partial charge in [0.25, 0.3) is 5.69 Å². The zero-order chi connectivity index (χ0) is 17.0. The van der Waals surface area contributed by atoms with Gasteiger partial charge in [-0.05, 0) is 32.8 Å². The average molecular weight is 318 g/mol. The van der Waals surface area contributed by atoms with E-state index in [0.717, 1.165) is 11.3 Å². The molecule has 0 aliphatic heterocycles. The van der Waals surface area contributed by atoms with Gasteiger partial charge in [-0.25, -0.2) is 0 Å². The first-order valence-electron chi connectivity index (χ1n) is 7.24. The van der Waals surface area contributed by atoms with Gasteiger partial charge in [0, 0.05) is 24.1 Å². The second-order valence-electron chi connectivity index (χ2n) is 5.29. The Labute approximate surface area is 133 Å². The van der Waals surface area contributed by atoms with Crippen LogP contribution in [0.2, 0.25) is 0 Å². The van der Waals surface area contributed by atoms with E-state index in [0.29, 0.717) is 17.7 Å². The summed E-state index contributed by atoms with van der Waals surface area (Å²) in [5, 5.41) is 14.6. The molecule has 0 unspecified atom stereocenters. The Bertz CT molecular complexity index is 704. The second kappa shape index (κ2) is 7.04. The summed E-state index contributed by atoms with van der Waals surface area (Å²) >= 11 is 0. The summed E-state index contributed by atoms with van der Waals surface area (Å²) in [5.74, 6) is 0.325. The molecule has 0 N–H and O–H groups in total. The lowest BCUT2D eigenvalue weighted by atomic mass is 10.1. The summed E-state index contributed by atoms with van der Waals surface area (Å²) in [6.45, 7) is 5.31. The number of esters is 1. The largest absolute Gasteiger partial charge is 0.458 e. The minimum Gasteiger partial charge on any atom is -0.458 e. The van der Waals surface area contributed by atoms with Crippen molar-refractivity contribution in [2.75, 3.05) is 0 Å². The fourth-order valence-corrected chi connectivity index (χ4v) is 2.30. The van der Waals surface area contributed by atoms with E-state index in [4.69, 9.17) is 9.26 Å². The fraction of sp³-hybridized carbons (Fsp3) is 0.375. The number of benzene rings is 1.